The first-order valence-corrected chi connectivity index (χ1v) is 8.72. The van der Waals surface area contributed by atoms with Gasteiger partial charge in [0.05, 0.1) is 11.6 Å². The number of para-hydroxylation sites is 1. The Morgan fingerprint density at radius 3 is 2.44 bits per heavy atom. The van der Waals surface area contributed by atoms with E-state index >= 15 is 0 Å². The molecule has 25 heavy (non-hydrogen) atoms. The van der Waals surface area contributed by atoms with Crippen molar-refractivity contribution in [3.63, 3.8) is 0 Å². The molecular weight excluding hydrogens is 361 g/mol. The molecule has 4 nitrogen and oxygen atoms in total. The van der Waals surface area contributed by atoms with Crippen LogP contribution in [-0.4, -0.2) is 25.2 Å². The Morgan fingerprint density at radius 1 is 1.16 bits per heavy atom. The minimum Gasteiger partial charge on any atom is -0.490 e. The van der Waals surface area contributed by atoms with E-state index in [4.69, 9.17) is 32.7 Å². The zero-order chi connectivity index (χ0) is 18.4. The van der Waals surface area contributed by atoms with E-state index < -0.39 is 6.10 Å². The first kappa shape index (κ1) is 19.4. The van der Waals surface area contributed by atoms with Gasteiger partial charge in [-0.2, -0.15) is 0 Å². The molecule has 0 heterocycles. The number of nitrogens with one attached hydrogen (secondary N) is 1. The average molecular weight is 382 g/mol. The molecule has 0 saturated carbocycles. The zero-order valence-corrected chi connectivity index (χ0v) is 15.9. The molecule has 0 fully saturated rings. The summed E-state index contributed by atoms with van der Waals surface area (Å²) in [6.07, 6.45) is -0.625. The molecule has 0 aliphatic heterocycles. The summed E-state index contributed by atoms with van der Waals surface area (Å²) in [6, 6.07) is 10.8. The lowest BCUT2D eigenvalue weighted by atomic mass is 10.1. The number of hydrogen-bond donors (Lipinski definition) is 1. The lowest BCUT2D eigenvalue weighted by molar-refractivity contribution is -0.127. The van der Waals surface area contributed by atoms with E-state index in [9.17, 15) is 4.79 Å². The van der Waals surface area contributed by atoms with Crippen LogP contribution in [0, 0.1) is 13.8 Å². The van der Waals surface area contributed by atoms with Crippen molar-refractivity contribution in [3.05, 3.63) is 57.6 Å². The molecule has 2 aromatic carbocycles. The number of hydrogen-bond acceptors (Lipinski definition) is 3. The molecule has 0 radical (unpaired) electrons. The van der Waals surface area contributed by atoms with Crippen LogP contribution >= 0.6 is 23.2 Å². The van der Waals surface area contributed by atoms with Crippen molar-refractivity contribution in [2.75, 3.05) is 13.2 Å². The van der Waals surface area contributed by atoms with E-state index in [2.05, 4.69) is 5.32 Å². The molecule has 0 aromatic heterocycles. The first-order chi connectivity index (χ1) is 11.9. The number of carbonyl (C=O) groups is 1. The van der Waals surface area contributed by atoms with Crippen molar-refractivity contribution >= 4 is 29.1 Å². The SMILES string of the molecule is Cc1cc(O[C@H](C)C(=O)NCCOc2ccccc2Cl)cc(C)c1Cl. The lowest BCUT2D eigenvalue weighted by Crippen LogP contribution is -2.38. The van der Waals surface area contributed by atoms with Gasteiger partial charge in [0.2, 0.25) is 0 Å². The zero-order valence-electron chi connectivity index (χ0n) is 14.4. The van der Waals surface area contributed by atoms with Gasteiger partial charge in [-0.1, -0.05) is 35.3 Å². The third-order valence-corrected chi connectivity index (χ3v) is 4.50. The number of aryl methyl sites for hydroxylation is 2. The van der Waals surface area contributed by atoms with Gasteiger partial charge in [0, 0.05) is 5.02 Å². The Morgan fingerprint density at radius 2 is 1.80 bits per heavy atom. The quantitative estimate of drug-likeness (QED) is 0.714. The Kier molecular flexibility index (Phi) is 6.97. The van der Waals surface area contributed by atoms with Crippen LogP contribution in [0.15, 0.2) is 36.4 Å². The van der Waals surface area contributed by atoms with Crippen LogP contribution in [0.5, 0.6) is 11.5 Å². The summed E-state index contributed by atoms with van der Waals surface area (Å²) in [5, 5.41) is 4.03. The maximum absolute atomic E-state index is 12.1. The summed E-state index contributed by atoms with van der Waals surface area (Å²) in [5.74, 6) is 0.997. The highest BCUT2D eigenvalue weighted by atomic mass is 35.5. The summed E-state index contributed by atoms with van der Waals surface area (Å²) in [6.45, 7) is 6.18. The van der Waals surface area contributed by atoms with Crippen LogP contribution in [0.2, 0.25) is 10.0 Å². The minimum absolute atomic E-state index is 0.215. The lowest BCUT2D eigenvalue weighted by Gasteiger charge is -2.16. The minimum atomic E-state index is -0.625. The van der Waals surface area contributed by atoms with Crippen molar-refractivity contribution in [1.82, 2.24) is 5.32 Å². The van der Waals surface area contributed by atoms with E-state index in [-0.39, 0.29) is 5.91 Å². The van der Waals surface area contributed by atoms with Gasteiger partial charge in [-0.3, -0.25) is 4.79 Å². The number of rotatable bonds is 7. The maximum atomic E-state index is 12.1. The highest BCUT2D eigenvalue weighted by Gasteiger charge is 2.15. The van der Waals surface area contributed by atoms with Crippen molar-refractivity contribution in [1.29, 1.82) is 0 Å². The van der Waals surface area contributed by atoms with Gasteiger partial charge in [0.15, 0.2) is 6.10 Å². The van der Waals surface area contributed by atoms with Crippen molar-refractivity contribution in [2.24, 2.45) is 0 Å². The smallest absolute Gasteiger partial charge is 0.260 e. The highest BCUT2D eigenvalue weighted by molar-refractivity contribution is 6.32. The van der Waals surface area contributed by atoms with Gasteiger partial charge >= 0.3 is 0 Å². The molecule has 0 spiro atoms. The van der Waals surface area contributed by atoms with Crippen LogP contribution in [0.3, 0.4) is 0 Å². The molecule has 0 aliphatic carbocycles. The van der Waals surface area contributed by atoms with Crippen LogP contribution in [-0.2, 0) is 4.79 Å². The van der Waals surface area contributed by atoms with Crippen LogP contribution in [0.4, 0.5) is 0 Å². The number of halogens is 2. The molecule has 0 aliphatic rings. The van der Waals surface area contributed by atoms with Crippen LogP contribution in [0.1, 0.15) is 18.1 Å². The molecule has 6 heteroatoms. The number of benzene rings is 2. The van der Waals surface area contributed by atoms with E-state index in [1.54, 1.807) is 19.1 Å². The summed E-state index contributed by atoms with van der Waals surface area (Å²) in [4.78, 5) is 12.1. The second-order valence-corrected chi connectivity index (χ2v) is 6.49. The summed E-state index contributed by atoms with van der Waals surface area (Å²) in [7, 11) is 0. The van der Waals surface area contributed by atoms with Crippen molar-refractivity contribution in [2.45, 2.75) is 26.9 Å². The fraction of sp³-hybridized carbons (Fsp3) is 0.316. The highest BCUT2D eigenvalue weighted by Crippen LogP contribution is 2.26. The third-order valence-electron chi connectivity index (χ3n) is 3.59. The van der Waals surface area contributed by atoms with E-state index in [0.717, 1.165) is 11.1 Å². The van der Waals surface area contributed by atoms with Gasteiger partial charge in [-0.25, -0.2) is 0 Å². The van der Waals surface area contributed by atoms with Crippen molar-refractivity contribution < 1.29 is 14.3 Å². The van der Waals surface area contributed by atoms with Gasteiger partial charge in [0.1, 0.15) is 18.1 Å². The molecule has 0 bridgehead atoms. The Bertz CT molecular complexity index is 726. The largest absolute Gasteiger partial charge is 0.490 e. The van der Waals surface area contributed by atoms with Crippen LogP contribution < -0.4 is 14.8 Å². The van der Waals surface area contributed by atoms with E-state index in [1.165, 1.54) is 0 Å². The standard InChI is InChI=1S/C19H21Cl2NO3/c1-12-10-15(11-13(2)18(12)21)25-14(3)19(23)22-8-9-24-17-7-5-4-6-16(17)20/h4-7,10-11,14H,8-9H2,1-3H3,(H,22,23)/t14-/m1/s1. The summed E-state index contributed by atoms with van der Waals surface area (Å²) >= 11 is 12.1. The maximum Gasteiger partial charge on any atom is 0.260 e. The molecule has 0 saturated heterocycles. The predicted octanol–water partition coefficient (Wildman–Crippen LogP) is 4.57. The van der Waals surface area contributed by atoms with Gasteiger partial charge in [-0.05, 0) is 56.2 Å². The molecule has 2 aromatic rings. The Labute approximate surface area is 158 Å². The summed E-state index contributed by atoms with van der Waals surface area (Å²) in [5.41, 5.74) is 1.83. The number of carbonyl (C=O) groups excluding carboxylic acids is 1. The van der Waals surface area contributed by atoms with E-state index in [0.29, 0.717) is 34.7 Å². The van der Waals surface area contributed by atoms with Gasteiger partial charge < -0.3 is 14.8 Å². The van der Waals surface area contributed by atoms with E-state index in [1.807, 2.05) is 38.1 Å². The summed E-state index contributed by atoms with van der Waals surface area (Å²) < 4.78 is 11.2. The molecule has 2 rings (SSSR count). The molecular formula is C19H21Cl2NO3. The molecule has 1 N–H and O–H groups in total. The third kappa shape index (κ3) is 5.55. The normalized spacial score (nSPS) is 11.7. The predicted molar refractivity (Wildman–Crippen MR) is 101 cm³/mol. The van der Waals surface area contributed by atoms with Crippen LogP contribution in [0.25, 0.3) is 0 Å². The molecule has 1 atom stereocenters. The number of amides is 1. The average Bonchev–Trinajstić information content (AvgIpc) is 2.57. The second kappa shape index (κ2) is 8.97. The molecule has 1 amide bonds. The van der Waals surface area contributed by atoms with Crippen molar-refractivity contribution in [3.8, 4) is 11.5 Å². The fourth-order valence-electron chi connectivity index (χ4n) is 2.27. The number of ether oxygens (including phenoxy) is 2. The molecule has 0 unspecified atom stereocenters. The fourth-order valence-corrected chi connectivity index (χ4v) is 2.57. The second-order valence-electron chi connectivity index (χ2n) is 5.70. The topological polar surface area (TPSA) is 47.6 Å². The monoisotopic (exact) mass is 381 g/mol. The molecule has 134 valence electrons. The Hall–Kier alpha value is -1.91. The van der Waals surface area contributed by atoms with Gasteiger partial charge in [-0.15, -0.1) is 0 Å². The first-order valence-electron chi connectivity index (χ1n) is 7.97. The Balaban J connectivity index is 1.79. The van der Waals surface area contributed by atoms with Gasteiger partial charge in [0.25, 0.3) is 5.91 Å².